The molecular formula is C17H20BrNO5. The van der Waals surface area contributed by atoms with Crippen molar-refractivity contribution in [3.8, 4) is 11.5 Å². The first-order valence-electron chi connectivity index (χ1n) is 7.89. The Bertz CT molecular complexity index is 673. The molecule has 3 rings (SSSR count). The lowest BCUT2D eigenvalue weighted by molar-refractivity contribution is -0.142. The number of ether oxygens (including phenoxy) is 2. The topological polar surface area (TPSA) is 76.1 Å². The molecule has 1 aromatic carbocycles. The Balaban J connectivity index is 1.84. The number of halogens is 1. The van der Waals surface area contributed by atoms with E-state index in [1.165, 1.54) is 14.2 Å². The van der Waals surface area contributed by atoms with Crippen molar-refractivity contribution in [2.75, 3.05) is 27.3 Å². The van der Waals surface area contributed by atoms with Gasteiger partial charge in [-0.15, -0.1) is 0 Å². The monoisotopic (exact) mass is 397 g/mol. The van der Waals surface area contributed by atoms with E-state index in [0.29, 0.717) is 34.0 Å². The van der Waals surface area contributed by atoms with Gasteiger partial charge in [-0.2, -0.15) is 0 Å². The first-order valence-corrected chi connectivity index (χ1v) is 8.69. The van der Waals surface area contributed by atoms with Crippen LogP contribution in [0.1, 0.15) is 23.2 Å². The molecule has 1 amide bonds. The van der Waals surface area contributed by atoms with Gasteiger partial charge >= 0.3 is 5.97 Å². The van der Waals surface area contributed by atoms with E-state index in [2.05, 4.69) is 15.9 Å². The minimum atomic E-state index is -0.810. The van der Waals surface area contributed by atoms with Gasteiger partial charge in [-0.1, -0.05) is 0 Å². The molecule has 130 valence electrons. The standard InChI is InChI=1S/C17H20BrNO5/c1-23-14-6-10(5-13(18)15(14)24-2)16(20)19-7-11(9-3-4-9)12(8-19)17(21)22/h5-6,9,11-12H,3-4,7-8H2,1-2H3,(H,21,22)/t11-,12+/m1/s1. The van der Waals surface area contributed by atoms with Gasteiger partial charge in [0.05, 0.1) is 24.6 Å². The van der Waals surface area contributed by atoms with Gasteiger partial charge in [-0.3, -0.25) is 9.59 Å². The summed E-state index contributed by atoms with van der Waals surface area (Å²) in [5.74, 6) is 0.0422. The molecule has 7 heteroatoms. The molecule has 1 saturated carbocycles. The van der Waals surface area contributed by atoms with Crippen molar-refractivity contribution in [3.63, 3.8) is 0 Å². The van der Waals surface area contributed by atoms with Crippen molar-refractivity contribution >= 4 is 27.8 Å². The van der Waals surface area contributed by atoms with Crippen LogP contribution in [0.4, 0.5) is 0 Å². The van der Waals surface area contributed by atoms with E-state index in [0.717, 1.165) is 12.8 Å². The molecule has 1 aliphatic carbocycles. The summed E-state index contributed by atoms with van der Waals surface area (Å²) in [5, 5.41) is 9.44. The van der Waals surface area contributed by atoms with Crippen molar-refractivity contribution in [1.29, 1.82) is 0 Å². The number of rotatable bonds is 5. The highest BCUT2D eigenvalue weighted by atomic mass is 79.9. The molecule has 0 aromatic heterocycles. The second kappa shape index (κ2) is 6.63. The zero-order chi connectivity index (χ0) is 17.4. The number of benzene rings is 1. The van der Waals surface area contributed by atoms with Crippen molar-refractivity contribution in [2.24, 2.45) is 17.8 Å². The van der Waals surface area contributed by atoms with Crippen LogP contribution in [-0.4, -0.2) is 49.2 Å². The summed E-state index contributed by atoms with van der Waals surface area (Å²) in [4.78, 5) is 26.0. The normalized spacial score (nSPS) is 23.2. The van der Waals surface area contributed by atoms with Gasteiger partial charge in [0.25, 0.3) is 5.91 Å². The third-order valence-electron chi connectivity index (χ3n) is 4.88. The lowest BCUT2D eigenvalue weighted by Crippen LogP contribution is -2.30. The molecule has 2 fully saturated rings. The fraction of sp³-hybridized carbons (Fsp3) is 0.529. The van der Waals surface area contributed by atoms with Crippen LogP contribution >= 0.6 is 15.9 Å². The Morgan fingerprint density at radius 2 is 1.92 bits per heavy atom. The second-order valence-corrected chi connectivity index (χ2v) is 7.20. The van der Waals surface area contributed by atoms with Crippen LogP contribution in [0.3, 0.4) is 0 Å². The predicted molar refractivity (Wildman–Crippen MR) is 90.5 cm³/mol. The Morgan fingerprint density at radius 1 is 1.21 bits per heavy atom. The van der Waals surface area contributed by atoms with Gasteiger partial charge in [0.1, 0.15) is 0 Å². The maximum atomic E-state index is 12.8. The van der Waals surface area contributed by atoms with Crippen molar-refractivity contribution < 1.29 is 24.2 Å². The first-order chi connectivity index (χ1) is 11.5. The van der Waals surface area contributed by atoms with E-state index in [4.69, 9.17) is 9.47 Å². The molecule has 1 saturated heterocycles. The summed E-state index contributed by atoms with van der Waals surface area (Å²) < 4.78 is 11.2. The van der Waals surface area contributed by atoms with Crippen LogP contribution in [0.2, 0.25) is 0 Å². The summed E-state index contributed by atoms with van der Waals surface area (Å²) in [6.07, 6.45) is 2.14. The van der Waals surface area contributed by atoms with E-state index in [-0.39, 0.29) is 18.4 Å². The number of methoxy groups -OCH3 is 2. The minimum absolute atomic E-state index is 0.0648. The number of carboxylic acids is 1. The summed E-state index contributed by atoms with van der Waals surface area (Å²) >= 11 is 3.39. The molecule has 2 aliphatic rings. The molecule has 0 unspecified atom stereocenters. The fourth-order valence-corrected chi connectivity index (χ4v) is 4.09. The van der Waals surface area contributed by atoms with E-state index in [1.807, 2.05) is 0 Å². The van der Waals surface area contributed by atoms with Crippen molar-refractivity contribution in [3.05, 3.63) is 22.2 Å². The van der Waals surface area contributed by atoms with Gasteiger partial charge in [0.15, 0.2) is 11.5 Å². The van der Waals surface area contributed by atoms with Crippen LogP contribution < -0.4 is 9.47 Å². The van der Waals surface area contributed by atoms with Crippen LogP contribution in [0.25, 0.3) is 0 Å². The maximum Gasteiger partial charge on any atom is 0.308 e. The third-order valence-corrected chi connectivity index (χ3v) is 5.47. The zero-order valence-corrected chi connectivity index (χ0v) is 15.2. The molecule has 6 nitrogen and oxygen atoms in total. The smallest absolute Gasteiger partial charge is 0.308 e. The number of nitrogens with zero attached hydrogens (tertiary/aromatic N) is 1. The summed E-state index contributed by atoms with van der Waals surface area (Å²) in [5.41, 5.74) is 0.458. The van der Waals surface area contributed by atoms with Gasteiger partial charge in [-0.25, -0.2) is 0 Å². The van der Waals surface area contributed by atoms with Crippen LogP contribution in [0.5, 0.6) is 11.5 Å². The van der Waals surface area contributed by atoms with Gasteiger partial charge in [0, 0.05) is 18.7 Å². The lowest BCUT2D eigenvalue weighted by Gasteiger charge is -2.18. The fourth-order valence-electron chi connectivity index (χ4n) is 3.48. The molecule has 1 aliphatic heterocycles. The highest BCUT2D eigenvalue weighted by Gasteiger charge is 2.47. The highest BCUT2D eigenvalue weighted by molar-refractivity contribution is 9.10. The number of aliphatic carboxylic acids is 1. The SMILES string of the molecule is COc1cc(C(=O)N2C[C@H](C(=O)O)[C@@H](C3CC3)C2)cc(Br)c1OC. The maximum absolute atomic E-state index is 12.8. The second-order valence-electron chi connectivity index (χ2n) is 6.35. The largest absolute Gasteiger partial charge is 0.493 e. The number of carbonyl (C=O) groups excluding carboxylic acids is 1. The van der Waals surface area contributed by atoms with Crippen molar-refractivity contribution in [2.45, 2.75) is 12.8 Å². The number of carbonyl (C=O) groups is 2. The van der Waals surface area contributed by atoms with E-state index in [1.54, 1.807) is 17.0 Å². The Morgan fingerprint density at radius 3 is 2.46 bits per heavy atom. The molecule has 1 N–H and O–H groups in total. The van der Waals surface area contributed by atoms with Crippen LogP contribution in [0, 0.1) is 17.8 Å². The molecule has 0 radical (unpaired) electrons. The Kier molecular flexibility index (Phi) is 4.71. The minimum Gasteiger partial charge on any atom is -0.493 e. The zero-order valence-electron chi connectivity index (χ0n) is 13.6. The average Bonchev–Trinajstić information content (AvgIpc) is 3.31. The van der Waals surface area contributed by atoms with Crippen LogP contribution in [-0.2, 0) is 4.79 Å². The third kappa shape index (κ3) is 3.09. The van der Waals surface area contributed by atoms with E-state index in [9.17, 15) is 14.7 Å². The van der Waals surface area contributed by atoms with Gasteiger partial charge in [0.2, 0.25) is 0 Å². The highest BCUT2D eigenvalue weighted by Crippen LogP contribution is 2.44. The number of hydrogen-bond donors (Lipinski definition) is 1. The first kappa shape index (κ1) is 17.1. The van der Waals surface area contributed by atoms with Crippen LogP contribution in [0.15, 0.2) is 16.6 Å². The van der Waals surface area contributed by atoms with Gasteiger partial charge < -0.3 is 19.5 Å². The predicted octanol–water partition coefficient (Wildman–Crippen LogP) is 2.65. The van der Waals surface area contributed by atoms with E-state index >= 15 is 0 Å². The van der Waals surface area contributed by atoms with Crippen molar-refractivity contribution in [1.82, 2.24) is 4.90 Å². The summed E-state index contributed by atoms with van der Waals surface area (Å²) in [6.45, 7) is 0.772. The summed E-state index contributed by atoms with van der Waals surface area (Å²) in [6, 6.07) is 3.32. The molecular weight excluding hydrogens is 378 g/mol. The average molecular weight is 398 g/mol. The summed E-state index contributed by atoms with van der Waals surface area (Å²) in [7, 11) is 3.04. The number of hydrogen-bond acceptors (Lipinski definition) is 4. The Hall–Kier alpha value is -1.76. The lowest BCUT2D eigenvalue weighted by atomic mass is 9.92. The molecule has 24 heavy (non-hydrogen) atoms. The number of likely N-dealkylation sites (tertiary alicyclic amines) is 1. The molecule has 0 bridgehead atoms. The molecule has 0 spiro atoms. The quantitative estimate of drug-likeness (QED) is 0.826. The number of carboxylic acid groups (broad SMARTS) is 1. The number of amides is 1. The molecule has 1 heterocycles. The van der Waals surface area contributed by atoms with Gasteiger partial charge in [-0.05, 0) is 52.7 Å². The van der Waals surface area contributed by atoms with E-state index < -0.39 is 11.9 Å². The Labute approximate surface area is 148 Å². The molecule has 1 aromatic rings. The molecule has 2 atom stereocenters.